The van der Waals surface area contributed by atoms with Gasteiger partial charge in [0, 0.05) is 12.5 Å². The van der Waals surface area contributed by atoms with E-state index in [0.29, 0.717) is 0 Å². The number of nitrogens with two attached hydrogens (primary N) is 1. The first-order valence-corrected chi connectivity index (χ1v) is 6.12. The molecule has 1 aromatic rings. The first-order valence-electron chi connectivity index (χ1n) is 6.12. The number of carbonyl (C=O) groups is 1. The Kier molecular flexibility index (Phi) is 5.82. The molecule has 0 radical (unpaired) electrons. The van der Waals surface area contributed by atoms with Gasteiger partial charge in [-0.2, -0.15) is 13.2 Å². The zero-order valence-electron chi connectivity index (χ0n) is 11.0. The minimum absolute atomic E-state index is 0.0876. The second-order valence-corrected chi connectivity index (χ2v) is 4.30. The molecule has 0 aliphatic rings. The molecular formula is C13H17F3N2O2. The van der Waals surface area contributed by atoms with Crippen LogP contribution in [-0.2, 0) is 11.0 Å². The quantitative estimate of drug-likeness (QED) is 0.785. The van der Waals surface area contributed by atoms with Gasteiger partial charge in [0.1, 0.15) is 12.4 Å². The summed E-state index contributed by atoms with van der Waals surface area (Å²) in [7, 11) is 0. The number of amides is 1. The van der Waals surface area contributed by atoms with Crippen LogP contribution in [-0.4, -0.2) is 25.6 Å². The number of alkyl halides is 3. The zero-order chi connectivity index (χ0) is 15.2. The van der Waals surface area contributed by atoms with Crippen LogP contribution in [0.25, 0.3) is 0 Å². The molecule has 0 spiro atoms. The van der Waals surface area contributed by atoms with Crippen molar-refractivity contribution in [3.63, 3.8) is 0 Å². The normalized spacial score (nSPS) is 12.8. The maximum Gasteiger partial charge on any atom is 0.416 e. The first-order chi connectivity index (χ1) is 9.34. The maximum atomic E-state index is 12.5. The molecule has 0 saturated carbocycles. The van der Waals surface area contributed by atoms with Crippen molar-refractivity contribution in [3.05, 3.63) is 29.8 Å². The molecule has 0 bridgehead atoms. The van der Waals surface area contributed by atoms with Crippen molar-refractivity contribution in [1.82, 2.24) is 5.32 Å². The average Bonchev–Trinajstić information content (AvgIpc) is 2.41. The molecule has 20 heavy (non-hydrogen) atoms. The summed E-state index contributed by atoms with van der Waals surface area (Å²) in [5, 5.41) is 2.58. The fraction of sp³-hybridized carbons (Fsp3) is 0.462. The van der Waals surface area contributed by atoms with Gasteiger partial charge in [-0.05, 0) is 18.2 Å². The summed E-state index contributed by atoms with van der Waals surface area (Å²) in [5.41, 5.74) is 4.56. The topological polar surface area (TPSA) is 64.4 Å². The van der Waals surface area contributed by atoms with E-state index < -0.39 is 11.7 Å². The summed E-state index contributed by atoms with van der Waals surface area (Å²) in [6.07, 6.45) is -4.40. The van der Waals surface area contributed by atoms with Gasteiger partial charge in [0.05, 0.1) is 12.1 Å². The minimum atomic E-state index is -4.40. The molecule has 112 valence electrons. The molecule has 1 atom stereocenters. The number of nitrogens with one attached hydrogen (secondary N) is 1. The van der Waals surface area contributed by atoms with Crippen molar-refractivity contribution < 1.29 is 22.7 Å². The van der Waals surface area contributed by atoms with E-state index in [1.807, 2.05) is 0 Å². The Morgan fingerprint density at radius 3 is 2.75 bits per heavy atom. The standard InChI is InChI=1S/C13H17F3N2O2/c1-9(8-17)12(19)18-5-6-20-11-4-2-3-10(7-11)13(14,15)16/h2-4,7,9H,5-6,8,17H2,1H3,(H,18,19). The number of hydrogen-bond acceptors (Lipinski definition) is 3. The van der Waals surface area contributed by atoms with Crippen molar-refractivity contribution >= 4 is 5.91 Å². The Morgan fingerprint density at radius 2 is 2.15 bits per heavy atom. The predicted molar refractivity (Wildman–Crippen MR) is 68.2 cm³/mol. The maximum absolute atomic E-state index is 12.5. The van der Waals surface area contributed by atoms with E-state index in [0.717, 1.165) is 12.1 Å². The number of rotatable bonds is 6. The van der Waals surface area contributed by atoms with Gasteiger partial charge < -0.3 is 15.8 Å². The fourth-order valence-electron chi connectivity index (χ4n) is 1.39. The molecular weight excluding hydrogens is 273 g/mol. The van der Waals surface area contributed by atoms with E-state index >= 15 is 0 Å². The summed E-state index contributed by atoms with van der Waals surface area (Å²) >= 11 is 0. The lowest BCUT2D eigenvalue weighted by molar-refractivity contribution is -0.137. The van der Waals surface area contributed by atoms with Gasteiger partial charge in [-0.25, -0.2) is 0 Å². The van der Waals surface area contributed by atoms with E-state index in [1.165, 1.54) is 12.1 Å². The Morgan fingerprint density at radius 1 is 1.45 bits per heavy atom. The number of halogens is 3. The van der Waals surface area contributed by atoms with Crippen LogP contribution in [0.4, 0.5) is 13.2 Å². The smallest absolute Gasteiger partial charge is 0.416 e. The van der Waals surface area contributed by atoms with Crippen molar-refractivity contribution in [1.29, 1.82) is 0 Å². The van der Waals surface area contributed by atoms with Crippen LogP contribution in [0.2, 0.25) is 0 Å². The van der Waals surface area contributed by atoms with Gasteiger partial charge >= 0.3 is 6.18 Å². The van der Waals surface area contributed by atoms with Gasteiger partial charge in [0.25, 0.3) is 0 Å². The Labute approximate surface area is 115 Å². The highest BCUT2D eigenvalue weighted by molar-refractivity contribution is 5.78. The summed E-state index contributed by atoms with van der Waals surface area (Å²) in [6.45, 7) is 2.22. The van der Waals surface area contributed by atoms with Gasteiger partial charge in [0.2, 0.25) is 5.91 Å². The summed E-state index contributed by atoms with van der Waals surface area (Å²) < 4.78 is 42.6. The third-order valence-corrected chi connectivity index (χ3v) is 2.63. The van der Waals surface area contributed by atoms with E-state index in [9.17, 15) is 18.0 Å². The van der Waals surface area contributed by atoms with Crippen LogP contribution in [0.15, 0.2) is 24.3 Å². The van der Waals surface area contributed by atoms with Crippen LogP contribution >= 0.6 is 0 Å². The molecule has 0 aliphatic heterocycles. The predicted octanol–water partition coefficient (Wildman–Crippen LogP) is 1.80. The summed E-state index contributed by atoms with van der Waals surface area (Å²) in [5.74, 6) is -0.398. The van der Waals surface area contributed by atoms with E-state index in [2.05, 4.69) is 5.32 Å². The molecule has 1 unspecified atom stereocenters. The van der Waals surface area contributed by atoms with Crippen LogP contribution in [0.3, 0.4) is 0 Å². The Hall–Kier alpha value is -1.76. The molecule has 0 fully saturated rings. The molecule has 0 saturated heterocycles. The molecule has 1 rings (SSSR count). The van der Waals surface area contributed by atoms with Gasteiger partial charge in [-0.15, -0.1) is 0 Å². The number of hydrogen-bond donors (Lipinski definition) is 2. The lowest BCUT2D eigenvalue weighted by Gasteiger charge is -2.12. The van der Waals surface area contributed by atoms with E-state index in [1.54, 1.807) is 6.92 Å². The van der Waals surface area contributed by atoms with Crippen molar-refractivity contribution in [2.45, 2.75) is 13.1 Å². The average molecular weight is 290 g/mol. The second-order valence-electron chi connectivity index (χ2n) is 4.30. The highest BCUT2D eigenvalue weighted by atomic mass is 19.4. The highest BCUT2D eigenvalue weighted by Gasteiger charge is 2.30. The summed E-state index contributed by atoms with van der Waals surface area (Å²) in [4.78, 5) is 11.4. The van der Waals surface area contributed by atoms with Crippen LogP contribution < -0.4 is 15.8 Å². The molecule has 7 heteroatoms. The fourth-order valence-corrected chi connectivity index (χ4v) is 1.39. The molecule has 1 amide bonds. The Bertz CT molecular complexity index is 449. The number of carbonyl (C=O) groups excluding carboxylic acids is 1. The lowest BCUT2D eigenvalue weighted by Crippen LogP contribution is -2.35. The molecule has 0 aliphatic carbocycles. The molecule has 3 N–H and O–H groups in total. The van der Waals surface area contributed by atoms with E-state index in [4.69, 9.17) is 10.5 Å². The highest BCUT2D eigenvalue weighted by Crippen LogP contribution is 2.31. The lowest BCUT2D eigenvalue weighted by atomic mass is 10.2. The third-order valence-electron chi connectivity index (χ3n) is 2.63. The van der Waals surface area contributed by atoms with Crippen LogP contribution in [0.5, 0.6) is 5.75 Å². The largest absolute Gasteiger partial charge is 0.492 e. The second kappa shape index (κ2) is 7.14. The van der Waals surface area contributed by atoms with Gasteiger partial charge in [-0.1, -0.05) is 13.0 Å². The zero-order valence-corrected chi connectivity index (χ0v) is 11.0. The first kappa shape index (κ1) is 16.3. The number of ether oxygens (including phenoxy) is 1. The van der Waals surface area contributed by atoms with Crippen molar-refractivity contribution in [3.8, 4) is 5.75 Å². The van der Waals surface area contributed by atoms with Crippen LogP contribution in [0.1, 0.15) is 12.5 Å². The van der Waals surface area contributed by atoms with Crippen molar-refractivity contribution in [2.75, 3.05) is 19.7 Å². The molecule has 1 aromatic carbocycles. The monoisotopic (exact) mass is 290 g/mol. The summed E-state index contributed by atoms with van der Waals surface area (Å²) in [6, 6.07) is 4.59. The molecule has 0 aromatic heterocycles. The minimum Gasteiger partial charge on any atom is -0.492 e. The van der Waals surface area contributed by atoms with Gasteiger partial charge in [-0.3, -0.25) is 4.79 Å². The van der Waals surface area contributed by atoms with E-state index in [-0.39, 0.29) is 37.3 Å². The molecule has 0 heterocycles. The Balaban J connectivity index is 2.41. The van der Waals surface area contributed by atoms with Crippen molar-refractivity contribution in [2.24, 2.45) is 11.7 Å². The molecule has 4 nitrogen and oxygen atoms in total. The third kappa shape index (κ3) is 5.08. The number of benzene rings is 1. The van der Waals surface area contributed by atoms with Gasteiger partial charge in [0.15, 0.2) is 0 Å². The SMILES string of the molecule is CC(CN)C(=O)NCCOc1cccc(C(F)(F)F)c1. The van der Waals surface area contributed by atoms with Crippen LogP contribution in [0, 0.1) is 5.92 Å².